The summed E-state index contributed by atoms with van der Waals surface area (Å²) in [5.74, 6) is 0.406. The van der Waals surface area contributed by atoms with Crippen LogP contribution in [0.3, 0.4) is 0 Å². The van der Waals surface area contributed by atoms with Gasteiger partial charge in [0, 0.05) is 11.1 Å². The van der Waals surface area contributed by atoms with Gasteiger partial charge in [0.25, 0.3) is 0 Å². The molecule has 28 heavy (non-hydrogen) atoms. The Bertz CT molecular complexity index is 952. The standard InChI is InChI=1S/C22H21ClO5/c1-13-9-16(26-12-19(24)28-22(2,3)4)11-17-20(13)21(25)18(27-17)10-14-5-7-15(23)8-6-14/h5-11H,12H2,1-4H3/b18-10-. The van der Waals surface area contributed by atoms with E-state index >= 15 is 0 Å². The molecular weight excluding hydrogens is 380 g/mol. The molecule has 0 radical (unpaired) electrons. The first-order chi connectivity index (χ1) is 13.1. The first kappa shape index (κ1) is 20.0. The van der Waals surface area contributed by atoms with Crippen LogP contribution < -0.4 is 9.47 Å². The third-order valence-electron chi connectivity index (χ3n) is 3.89. The summed E-state index contributed by atoms with van der Waals surface area (Å²) in [5.41, 5.74) is 1.43. The zero-order valence-corrected chi connectivity index (χ0v) is 16.9. The minimum atomic E-state index is -0.578. The van der Waals surface area contributed by atoms with Crippen LogP contribution in [-0.2, 0) is 9.53 Å². The molecule has 5 nitrogen and oxygen atoms in total. The van der Waals surface area contributed by atoms with E-state index in [0.29, 0.717) is 27.6 Å². The zero-order valence-electron chi connectivity index (χ0n) is 16.2. The molecular formula is C22H21ClO5. The normalized spacial score (nSPS) is 14.6. The van der Waals surface area contributed by atoms with Crippen LogP contribution in [0.2, 0.25) is 5.02 Å². The highest BCUT2D eigenvalue weighted by Crippen LogP contribution is 2.37. The number of ketones is 1. The smallest absolute Gasteiger partial charge is 0.344 e. The number of allylic oxidation sites excluding steroid dienone is 1. The molecule has 2 aromatic carbocycles. The van der Waals surface area contributed by atoms with Gasteiger partial charge < -0.3 is 14.2 Å². The van der Waals surface area contributed by atoms with E-state index in [1.54, 1.807) is 70.2 Å². The summed E-state index contributed by atoms with van der Waals surface area (Å²) in [4.78, 5) is 24.5. The van der Waals surface area contributed by atoms with Gasteiger partial charge >= 0.3 is 5.97 Å². The molecule has 0 spiro atoms. The van der Waals surface area contributed by atoms with Crippen molar-refractivity contribution >= 4 is 29.4 Å². The van der Waals surface area contributed by atoms with Crippen LogP contribution in [0.1, 0.15) is 42.3 Å². The molecule has 0 N–H and O–H groups in total. The summed E-state index contributed by atoms with van der Waals surface area (Å²) in [7, 11) is 0. The predicted octanol–water partition coefficient (Wildman–Crippen LogP) is 4.99. The van der Waals surface area contributed by atoms with E-state index in [9.17, 15) is 9.59 Å². The third kappa shape index (κ3) is 4.73. The monoisotopic (exact) mass is 400 g/mol. The maximum absolute atomic E-state index is 12.7. The van der Waals surface area contributed by atoms with E-state index in [1.165, 1.54) is 0 Å². The van der Waals surface area contributed by atoms with Gasteiger partial charge in [-0.2, -0.15) is 0 Å². The molecule has 0 bridgehead atoms. The summed E-state index contributed by atoms with van der Waals surface area (Å²) in [5, 5.41) is 0.617. The summed E-state index contributed by atoms with van der Waals surface area (Å²) >= 11 is 5.89. The van der Waals surface area contributed by atoms with E-state index in [0.717, 1.165) is 5.56 Å². The number of halogens is 1. The quantitative estimate of drug-likeness (QED) is 0.534. The Morgan fingerprint density at radius 2 is 1.86 bits per heavy atom. The second kappa shape index (κ2) is 7.68. The summed E-state index contributed by atoms with van der Waals surface area (Å²) < 4.78 is 16.5. The van der Waals surface area contributed by atoms with Crippen LogP contribution in [0.5, 0.6) is 11.5 Å². The van der Waals surface area contributed by atoms with Crippen LogP contribution in [0, 0.1) is 6.92 Å². The molecule has 0 saturated carbocycles. The highest BCUT2D eigenvalue weighted by molar-refractivity contribution is 6.30. The number of fused-ring (bicyclic) bond motifs is 1. The number of rotatable bonds is 4. The molecule has 6 heteroatoms. The number of aryl methyl sites for hydroxylation is 1. The number of carbonyl (C=O) groups excluding carboxylic acids is 2. The first-order valence-electron chi connectivity index (χ1n) is 8.81. The largest absolute Gasteiger partial charge is 0.482 e. The van der Waals surface area contributed by atoms with E-state index < -0.39 is 11.6 Å². The Morgan fingerprint density at radius 1 is 1.18 bits per heavy atom. The maximum atomic E-state index is 12.7. The van der Waals surface area contributed by atoms with Gasteiger partial charge in [0.05, 0.1) is 5.56 Å². The summed E-state index contributed by atoms with van der Waals surface area (Å²) in [6.45, 7) is 6.94. The molecule has 1 heterocycles. The molecule has 146 valence electrons. The van der Waals surface area contributed by atoms with Crippen LogP contribution in [0.25, 0.3) is 6.08 Å². The zero-order chi connectivity index (χ0) is 20.5. The lowest BCUT2D eigenvalue weighted by Gasteiger charge is -2.19. The molecule has 0 fully saturated rings. The van der Waals surface area contributed by atoms with Crippen LogP contribution in [0.4, 0.5) is 0 Å². The van der Waals surface area contributed by atoms with Gasteiger partial charge in [0.1, 0.15) is 17.1 Å². The van der Waals surface area contributed by atoms with Gasteiger partial charge in [-0.15, -0.1) is 0 Å². The number of ether oxygens (including phenoxy) is 3. The fourth-order valence-electron chi connectivity index (χ4n) is 2.78. The van der Waals surface area contributed by atoms with Gasteiger partial charge in [0.15, 0.2) is 12.4 Å². The molecule has 2 aromatic rings. The summed E-state index contributed by atoms with van der Waals surface area (Å²) in [6, 6.07) is 10.4. The number of hydrogen-bond acceptors (Lipinski definition) is 5. The maximum Gasteiger partial charge on any atom is 0.344 e. The Morgan fingerprint density at radius 3 is 2.50 bits per heavy atom. The Kier molecular flexibility index (Phi) is 5.47. The van der Waals surface area contributed by atoms with Crippen molar-refractivity contribution < 1.29 is 23.8 Å². The van der Waals surface area contributed by atoms with E-state index in [-0.39, 0.29) is 18.1 Å². The van der Waals surface area contributed by atoms with Gasteiger partial charge in [-0.05, 0) is 63.1 Å². The molecule has 0 amide bonds. The molecule has 0 aliphatic carbocycles. The number of hydrogen-bond donors (Lipinski definition) is 0. The number of carbonyl (C=O) groups is 2. The fraction of sp³-hybridized carbons (Fsp3) is 0.273. The molecule has 0 atom stereocenters. The average molecular weight is 401 g/mol. The van der Waals surface area contributed by atoms with Crippen molar-refractivity contribution in [2.24, 2.45) is 0 Å². The summed E-state index contributed by atoms with van der Waals surface area (Å²) in [6.07, 6.45) is 1.67. The van der Waals surface area contributed by atoms with Gasteiger partial charge in [-0.25, -0.2) is 4.79 Å². The van der Waals surface area contributed by atoms with Gasteiger partial charge in [-0.3, -0.25) is 4.79 Å². The fourth-order valence-corrected chi connectivity index (χ4v) is 2.91. The minimum Gasteiger partial charge on any atom is -0.482 e. The van der Waals surface area contributed by atoms with Crippen LogP contribution >= 0.6 is 11.6 Å². The lowest BCUT2D eigenvalue weighted by molar-refractivity contribution is -0.157. The van der Waals surface area contributed by atoms with Crippen molar-refractivity contribution in [1.82, 2.24) is 0 Å². The highest BCUT2D eigenvalue weighted by Gasteiger charge is 2.30. The molecule has 0 unspecified atom stereocenters. The van der Waals surface area contributed by atoms with Gasteiger partial charge in [0.2, 0.25) is 5.78 Å². The number of esters is 1. The van der Waals surface area contributed by atoms with Crippen LogP contribution in [-0.4, -0.2) is 24.0 Å². The van der Waals surface area contributed by atoms with Crippen molar-refractivity contribution in [2.45, 2.75) is 33.3 Å². The van der Waals surface area contributed by atoms with Crippen molar-refractivity contribution in [3.05, 3.63) is 63.9 Å². The number of benzene rings is 2. The molecule has 1 aliphatic heterocycles. The van der Waals surface area contributed by atoms with Crippen molar-refractivity contribution in [2.75, 3.05) is 6.61 Å². The van der Waals surface area contributed by atoms with Crippen molar-refractivity contribution in [3.63, 3.8) is 0 Å². The Hall–Kier alpha value is -2.79. The van der Waals surface area contributed by atoms with Crippen molar-refractivity contribution in [3.8, 4) is 11.5 Å². The van der Waals surface area contributed by atoms with E-state index in [2.05, 4.69) is 0 Å². The molecule has 1 aliphatic rings. The van der Waals surface area contributed by atoms with Gasteiger partial charge in [-0.1, -0.05) is 23.7 Å². The Balaban J connectivity index is 1.77. The Labute approximate surface area is 168 Å². The highest BCUT2D eigenvalue weighted by atomic mass is 35.5. The number of Topliss-reactive ketones (excluding diaryl/α,β-unsaturated/α-hetero) is 1. The molecule has 0 aromatic heterocycles. The van der Waals surface area contributed by atoms with Crippen molar-refractivity contribution in [1.29, 1.82) is 0 Å². The average Bonchev–Trinajstić information content (AvgIpc) is 2.90. The first-order valence-corrected chi connectivity index (χ1v) is 9.19. The van der Waals surface area contributed by atoms with E-state index in [4.69, 9.17) is 25.8 Å². The predicted molar refractivity (Wildman–Crippen MR) is 107 cm³/mol. The molecule has 3 rings (SSSR count). The van der Waals surface area contributed by atoms with Crippen LogP contribution in [0.15, 0.2) is 42.2 Å². The lowest BCUT2D eigenvalue weighted by atomic mass is 10.0. The second-order valence-electron chi connectivity index (χ2n) is 7.48. The lowest BCUT2D eigenvalue weighted by Crippen LogP contribution is -2.27. The topological polar surface area (TPSA) is 61.8 Å². The minimum absolute atomic E-state index is 0.193. The second-order valence-corrected chi connectivity index (χ2v) is 7.92. The van der Waals surface area contributed by atoms with E-state index in [1.807, 2.05) is 0 Å². The SMILES string of the molecule is Cc1cc(OCC(=O)OC(C)(C)C)cc2c1C(=O)/C(=C/c1ccc(Cl)cc1)O2. The third-order valence-corrected chi connectivity index (χ3v) is 4.14. The molecule has 0 saturated heterocycles.